The maximum Gasteiger partial charge on any atom is 0.419 e. The van der Waals surface area contributed by atoms with E-state index in [-0.39, 0.29) is 6.54 Å². The summed E-state index contributed by atoms with van der Waals surface area (Å²) in [6, 6.07) is 7.99. The molecule has 0 aromatic heterocycles. The van der Waals surface area contributed by atoms with Crippen molar-refractivity contribution in [2.45, 2.75) is 38.4 Å². The summed E-state index contributed by atoms with van der Waals surface area (Å²) in [7, 11) is 1.76. The molecule has 9 heteroatoms. The fraction of sp³-hybridized carbons (Fsp3) is 0.391. The average molecular weight is 452 g/mol. The van der Waals surface area contributed by atoms with Gasteiger partial charge in [-0.25, -0.2) is 9.87 Å². The molecule has 0 saturated carbocycles. The Morgan fingerprint density at radius 3 is 2.59 bits per heavy atom. The molecule has 0 fully saturated rings. The second-order valence-electron chi connectivity index (χ2n) is 8.38. The SMILES string of the molecule is CN(CC[C@]1(C=O)CCc2ccc(C(=O)NO)cc2C1)Cc1ccc(C(F)(F)F)c(F)c1. The molecule has 0 heterocycles. The lowest BCUT2D eigenvalue weighted by atomic mass is 9.70. The molecule has 0 radical (unpaired) electrons. The zero-order chi connectivity index (χ0) is 23.5. The number of fused-ring (bicyclic) bond motifs is 1. The predicted molar refractivity (Wildman–Crippen MR) is 109 cm³/mol. The number of alkyl halides is 3. The van der Waals surface area contributed by atoms with E-state index in [1.807, 2.05) is 11.0 Å². The van der Waals surface area contributed by atoms with Crippen LogP contribution in [-0.2, 0) is 30.4 Å². The molecular formula is C23H24F4N2O3. The van der Waals surface area contributed by atoms with Gasteiger partial charge in [0, 0.05) is 17.5 Å². The van der Waals surface area contributed by atoms with Crippen LogP contribution in [-0.4, -0.2) is 35.9 Å². The Morgan fingerprint density at radius 2 is 1.97 bits per heavy atom. The molecule has 3 rings (SSSR count). The minimum atomic E-state index is -4.74. The molecule has 0 unspecified atom stereocenters. The first kappa shape index (κ1) is 23.9. The van der Waals surface area contributed by atoms with Crippen molar-refractivity contribution in [2.75, 3.05) is 13.6 Å². The second-order valence-corrected chi connectivity index (χ2v) is 8.38. The van der Waals surface area contributed by atoms with Gasteiger partial charge in [-0.1, -0.05) is 12.1 Å². The first-order valence-corrected chi connectivity index (χ1v) is 10.1. The lowest BCUT2D eigenvalue weighted by Crippen LogP contribution is -2.35. The largest absolute Gasteiger partial charge is 0.419 e. The van der Waals surface area contributed by atoms with E-state index in [2.05, 4.69) is 0 Å². The van der Waals surface area contributed by atoms with Gasteiger partial charge in [0.15, 0.2) is 0 Å². The molecule has 0 saturated heterocycles. The Labute approximate surface area is 183 Å². The van der Waals surface area contributed by atoms with Crippen molar-refractivity contribution < 1.29 is 32.4 Å². The van der Waals surface area contributed by atoms with Gasteiger partial charge in [-0.3, -0.25) is 10.0 Å². The summed E-state index contributed by atoms with van der Waals surface area (Å²) in [5.74, 6) is -1.93. The van der Waals surface area contributed by atoms with E-state index in [1.165, 1.54) is 6.07 Å². The van der Waals surface area contributed by atoms with E-state index in [0.717, 1.165) is 29.5 Å². The summed E-state index contributed by atoms with van der Waals surface area (Å²) in [6.45, 7) is 0.717. The van der Waals surface area contributed by atoms with Crippen LogP contribution in [0.1, 0.15) is 45.5 Å². The van der Waals surface area contributed by atoms with Gasteiger partial charge in [0.2, 0.25) is 0 Å². The summed E-state index contributed by atoms with van der Waals surface area (Å²) in [5.41, 5.74) is 2.30. The van der Waals surface area contributed by atoms with Crippen LogP contribution in [0.25, 0.3) is 0 Å². The van der Waals surface area contributed by atoms with Crippen LogP contribution < -0.4 is 5.48 Å². The summed E-state index contributed by atoms with van der Waals surface area (Å²) in [5, 5.41) is 8.84. The molecule has 2 aromatic carbocycles. The van der Waals surface area contributed by atoms with Crippen molar-refractivity contribution in [1.29, 1.82) is 0 Å². The van der Waals surface area contributed by atoms with Crippen LogP contribution in [0.2, 0.25) is 0 Å². The number of hydrogen-bond donors (Lipinski definition) is 2. The van der Waals surface area contributed by atoms with Gasteiger partial charge in [-0.2, -0.15) is 13.2 Å². The van der Waals surface area contributed by atoms with Crippen LogP contribution in [0.3, 0.4) is 0 Å². The van der Waals surface area contributed by atoms with Crippen LogP contribution in [0.4, 0.5) is 17.6 Å². The molecule has 2 aromatic rings. The molecule has 5 nitrogen and oxygen atoms in total. The summed E-state index contributed by atoms with van der Waals surface area (Å²) < 4.78 is 52.0. The van der Waals surface area contributed by atoms with E-state index >= 15 is 0 Å². The number of hydrogen-bond acceptors (Lipinski definition) is 4. The normalized spacial score (nSPS) is 18.3. The number of nitrogens with zero attached hydrogens (tertiary/aromatic N) is 1. The Kier molecular flexibility index (Phi) is 7.00. The fourth-order valence-electron chi connectivity index (χ4n) is 4.16. The third-order valence-corrected chi connectivity index (χ3v) is 6.04. The Bertz CT molecular complexity index is 1010. The molecule has 1 amide bonds. The number of nitrogens with one attached hydrogen (secondary N) is 1. The molecule has 1 aliphatic carbocycles. The smallest absolute Gasteiger partial charge is 0.303 e. The van der Waals surface area contributed by atoms with Gasteiger partial charge in [0.05, 0.1) is 5.56 Å². The van der Waals surface area contributed by atoms with Gasteiger partial charge in [-0.15, -0.1) is 0 Å². The van der Waals surface area contributed by atoms with E-state index in [4.69, 9.17) is 5.21 Å². The van der Waals surface area contributed by atoms with Crippen molar-refractivity contribution in [3.05, 3.63) is 70.0 Å². The highest BCUT2D eigenvalue weighted by atomic mass is 19.4. The van der Waals surface area contributed by atoms with E-state index in [0.29, 0.717) is 43.4 Å². The van der Waals surface area contributed by atoms with E-state index < -0.39 is 28.9 Å². The molecule has 1 aliphatic rings. The van der Waals surface area contributed by atoms with Crippen LogP contribution in [0, 0.1) is 11.2 Å². The summed E-state index contributed by atoms with van der Waals surface area (Å²) in [4.78, 5) is 25.5. The zero-order valence-electron chi connectivity index (χ0n) is 17.5. The Balaban J connectivity index is 1.66. The molecule has 172 valence electrons. The van der Waals surface area contributed by atoms with Gasteiger partial charge < -0.3 is 9.69 Å². The maximum absolute atomic E-state index is 13.8. The molecule has 0 bridgehead atoms. The van der Waals surface area contributed by atoms with Gasteiger partial charge in [0.1, 0.15) is 12.1 Å². The number of carbonyl (C=O) groups excluding carboxylic acids is 2. The fourth-order valence-corrected chi connectivity index (χ4v) is 4.16. The quantitative estimate of drug-likeness (QED) is 0.287. The minimum Gasteiger partial charge on any atom is -0.303 e. The highest BCUT2D eigenvalue weighted by Crippen LogP contribution is 2.37. The standard InChI is InChI=1S/C23H24F4N2O3/c1-29(13-15-2-5-19(20(24)10-15)23(25,26)27)9-8-22(14-30)7-6-16-3-4-17(21(31)28-32)11-18(16)12-22/h2-5,10-11,14,32H,6-9,12-13H2,1H3,(H,28,31)/t22-/m1/s1. The zero-order valence-corrected chi connectivity index (χ0v) is 17.5. The highest BCUT2D eigenvalue weighted by Gasteiger charge is 2.35. The van der Waals surface area contributed by atoms with Gasteiger partial charge >= 0.3 is 6.18 Å². The number of aldehydes is 1. The van der Waals surface area contributed by atoms with Crippen molar-refractivity contribution in [2.24, 2.45) is 5.41 Å². The molecule has 0 spiro atoms. The molecule has 2 N–H and O–H groups in total. The average Bonchev–Trinajstić information content (AvgIpc) is 2.75. The van der Waals surface area contributed by atoms with Crippen molar-refractivity contribution >= 4 is 12.2 Å². The monoisotopic (exact) mass is 452 g/mol. The van der Waals surface area contributed by atoms with Gasteiger partial charge in [-0.05, 0) is 80.2 Å². The highest BCUT2D eigenvalue weighted by molar-refractivity contribution is 5.93. The van der Waals surface area contributed by atoms with Gasteiger partial charge in [0.25, 0.3) is 5.91 Å². The van der Waals surface area contributed by atoms with Crippen LogP contribution in [0.15, 0.2) is 36.4 Å². The van der Waals surface area contributed by atoms with E-state index in [9.17, 15) is 27.2 Å². The first-order chi connectivity index (χ1) is 15.1. The number of benzene rings is 2. The molecular weight excluding hydrogens is 428 g/mol. The van der Waals surface area contributed by atoms with Crippen molar-refractivity contribution in [1.82, 2.24) is 10.4 Å². The number of rotatable bonds is 7. The predicted octanol–water partition coefficient (Wildman–Crippen LogP) is 4.16. The summed E-state index contributed by atoms with van der Waals surface area (Å²) in [6.07, 6.45) is -1.55. The number of aryl methyl sites for hydroxylation is 1. The number of carbonyl (C=O) groups is 2. The summed E-state index contributed by atoms with van der Waals surface area (Å²) >= 11 is 0. The first-order valence-electron chi connectivity index (χ1n) is 10.1. The molecule has 0 aliphatic heterocycles. The molecule has 1 atom stereocenters. The third kappa shape index (κ3) is 5.34. The third-order valence-electron chi connectivity index (χ3n) is 6.04. The number of amides is 1. The topological polar surface area (TPSA) is 69.6 Å². The maximum atomic E-state index is 13.8. The van der Waals surface area contributed by atoms with Crippen molar-refractivity contribution in [3.8, 4) is 0 Å². The Hall–Kier alpha value is -2.78. The lowest BCUT2D eigenvalue weighted by molar-refractivity contribution is -0.140. The van der Waals surface area contributed by atoms with Crippen molar-refractivity contribution in [3.63, 3.8) is 0 Å². The Morgan fingerprint density at radius 1 is 1.22 bits per heavy atom. The number of hydroxylamine groups is 1. The molecule has 32 heavy (non-hydrogen) atoms. The lowest BCUT2D eigenvalue weighted by Gasteiger charge is -2.35. The van der Waals surface area contributed by atoms with Crippen LogP contribution in [0.5, 0.6) is 0 Å². The van der Waals surface area contributed by atoms with Crippen LogP contribution >= 0.6 is 0 Å². The number of halogens is 4. The minimum absolute atomic E-state index is 0.238. The second kappa shape index (κ2) is 9.38. The van der Waals surface area contributed by atoms with E-state index in [1.54, 1.807) is 24.7 Å².